The molecule has 0 radical (unpaired) electrons. The molecule has 0 bridgehead atoms. The van der Waals surface area contributed by atoms with Crippen LogP contribution >= 0.6 is 11.8 Å². The summed E-state index contributed by atoms with van der Waals surface area (Å²) in [4.78, 5) is 29.8. The number of rotatable bonds is 13. The van der Waals surface area contributed by atoms with Gasteiger partial charge in [-0.05, 0) is 99.2 Å². The first kappa shape index (κ1) is 33.3. The van der Waals surface area contributed by atoms with Crippen molar-refractivity contribution in [3.05, 3.63) is 84.2 Å². The Hall–Kier alpha value is -3.57. The molecule has 0 spiro atoms. The number of amides is 2. The van der Waals surface area contributed by atoms with Crippen molar-refractivity contribution in [3.8, 4) is 5.75 Å². The molecule has 0 unspecified atom stereocenters. The minimum Gasteiger partial charge on any atom is -0.494 e. The van der Waals surface area contributed by atoms with Crippen molar-refractivity contribution in [1.82, 2.24) is 10.2 Å². The van der Waals surface area contributed by atoms with E-state index in [1.807, 2.05) is 13.2 Å². The van der Waals surface area contributed by atoms with Gasteiger partial charge in [-0.2, -0.15) is 0 Å². The Bertz CT molecular complexity index is 1490. The zero-order chi connectivity index (χ0) is 31.7. The molecule has 0 heterocycles. The summed E-state index contributed by atoms with van der Waals surface area (Å²) in [7, 11) is -4.19. The second-order valence-corrected chi connectivity index (χ2v) is 13.5. The van der Waals surface area contributed by atoms with Crippen molar-refractivity contribution < 1.29 is 27.1 Å². The number of hydrogen-bond acceptors (Lipinski definition) is 6. The molecule has 0 aromatic heterocycles. The van der Waals surface area contributed by atoms with Gasteiger partial charge in [0.15, 0.2) is 0 Å². The Kier molecular flexibility index (Phi) is 11.7. The van der Waals surface area contributed by atoms with E-state index in [1.54, 1.807) is 55.5 Å². The minimum atomic E-state index is -4.19. The summed E-state index contributed by atoms with van der Waals surface area (Å²) < 4.78 is 48.4. The number of hydrogen-bond donors (Lipinski definition) is 1. The molecule has 1 aliphatic rings. The summed E-state index contributed by atoms with van der Waals surface area (Å²) in [6.45, 7) is 3.38. The number of halogens is 1. The third kappa shape index (κ3) is 8.53. The normalized spacial score (nSPS) is 14.5. The van der Waals surface area contributed by atoms with Crippen LogP contribution in [-0.4, -0.2) is 56.6 Å². The van der Waals surface area contributed by atoms with Gasteiger partial charge in [-0.25, -0.2) is 12.8 Å². The van der Waals surface area contributed by atoms with Crippen LogP contribution in [0, 0.1) is 5.82 Å². The van der Waals surface area contributed by atoms with Crippen LogP contribution < -0.4 is 14.4 Å². The number of anilines is 1. The van der Waals surface area contributed by atoms with E-state index in [0.29, 0.717) is 17.9 Å². The summed E-state index contributed by atoms with van der Waals surface area (Å²) in [6, 6.07) is 17.8. The Labute approximate surface area is 264 Å². The topological polar surface area (TPSA) is 96.0 Å². The van der Waals surface area contributed by atoms with Gasteiger partial charge in [0.2, 0.25) is 11.8 Å². The lowest BCUT2D eigenvalue weighted by Crippen LogP contribution is -2.53. The molecule has 44 heavy (non-hydrogen) atoms. The lowest BCUT2D eigenvalue weighted by molar-refractivity contribution is -0.139. The van der Waals surface area contributed by atoms with Crippen LogP contribution in [0.15, 0.2) is 82.6 Å². The monoisotopic (exact) mass is 641 g/mol. The van der Waals surface area contributed by atoms with Gasteiger partial charge in [0.05, 0.1) is 17.2 Å². The fourth-order valence-corrected chi connectivity index (χ4v) is 7.04. The number of ether oxygens (including phenoxy) is 1. The molecular weight excluding hydrogens is 602 g/mol. The van der Waals surface area contributed by atoms with Crippen molar-refractivity contribution >= 4 is 39.3 Å². The summed E-state index contributed by atoms with van der Waals surface area (Å²) in [5.74, 6) is -0.737. The maximum Gasteiger partial charge on any atom is 0.264 e. The molecule has 1 atom stereocenters. The summed E-state index contributed by atoms with van der Waals surface area (Å²) >= 11 is 1.49. The van der Waals surface area contributed by atoms with E-state index in [4.69, 9.17) is 4.74 Å². The third-order valence-corrected chi connectivity index (χ3v) is 10.3. The predicted octanol–water partition coefficient (Wildman–Crippen LogP) is 6.01. The van der Waals surface area contributed by atoms with Gasteiger partial charge in [-0.15, -0.1) is 11.8 Å². The van der Waals surface area contributed by atoms with Gasteiger partial charge >= 0.3 is 0 Å². The Balaban J connectivity index is 1.68. The highest BCUT2D eigenvalue weighted by atomic mass is 32.2. The molecular formula is C33H40FN3O5S2. The van der Waals surface area contributed by atoms with Crippen molar-refractivity contribution in [2.75, 3.05) is 23.7 Å². The van der Waals surface area contributed by atoms with Crippen molar-refractivity contribution in [2.24, 2.45) is 0 Å². The number of thioether (sulfide) groups is 1. The first-order valence-electron chi connectivity index (χ1n) is 14.9. The molecule has 0 aliphatic heterocycles. The molecule has 1 fully saturated rings. The van der Waals surface area contributed by atoms with E-state index >= 15 is 0 Å². The number of benzene rings is 3. The molecule has 11 heteroatoms. The van der Waals surface area contributed by atoms with Crippen molar-refractivity contribution in [2.45, 2.75) is 74.4 Å². The van der Waals surface area contributed by atoms with Gasteiger partial charge < -0.3 is 15.0 Å². The number of sulfonamides is 1. The number of carbonyl (C=O) groups is 2. The average Bonchev–Trinajstić information content (AvgIpc) is 3.04. The molecule has 236 valence electrons. The second kappa shape index (κ2) is 15.4. The summed E-state index contributed by atoms with van der Waals surface area (Å²) in [6.07, 6.45) is 6.85. The number of nitrogens with one attached hydrogen (secondary N) is 1. The lowest BCUT2D eigenvalue weighted by atomic mass is 9.95. The fraction of sp³-hybridized carbons (Fsp3) is 0.394. The zero-order valence-corrected chi connectivity index (χ0v) is 27.0. The Morgan fingerprint density at radius 2 is 1.61 bits per heavy atom. The van der Waals surface area contributed by atoms with Crippen LogP contribution in [-0.2, 0) is 26.2 Å². The Morgan fingerprint density at radius 3 is 2.20 bits per heavy atom. The summed E-state index contributed by atoms with van der Waals surface area (Å²) in [5, 5.41) is 3.08. The highest BCUT2D eigenvalue weighted by molar-refractivity contribution is 7.98. The highest BCUT2D eigenvalue weighted by Crippen LogP contribution is 2.28. The van der Waals surface area contributed by atoms with E-state index in [2.05, 4.69) is 5.32 Å². The lowest BCUT2D eigenvalue weighted by Gasteiger charge is -2.33. The quantitative estimate of drug-likeness (QED) is 0.230. The molecule has 1 saturated carbocycles. The van der Waals surface area contributed by atoms with Gasteiger partial charge in [-0.1, -0.05) is 31.4 Å². The van der Waals surface area contributed by atoms with Crippen LogP contribution in [0.1, 0.15) is 51.5 Å². The average molecular weight is 642 g/mol. The fourth-order valence-electron chi connectivity index (χ4n) is 5.22. The molecule has 3 aromatic carbocycles. The standard InChI is InChI=1S/C33H40FN3O5S2/c1-4-42-29-16-14-28(15-17-29)37(44(40,41)31-20-18-30(43-3)19-21-31)23-32(38)36(22-25-10-12-26(34)13-11-25)24(2)33(39)35-27-8-6-5-7-9-27/h10-21,24,27H,4-9,22-23H2,1-3H3,(H,35,39)/t24-/m0/s1. The van der Waals surface area contributed by atoms with E-state index in [1.165, 1.54) is 40.9 Å². The van der Waals surface area contributed by atoms with Gasteiger partial charge in [0.25, 0.3) is 10.0 Å². The van der Waals surface area contributed by atoms with Crippen LogP contribution in [0.2, 0.25) is 0 Å². The van der Waals surface area contributed by atoms with Crippen molar-refractivity contribution in [3.63, 3.8) is 0 Å². The van der Waals surface area contributed by atoms with Crippen LogP contribution in [0.4, 0.5) is 10.1 Å². The van der Waals surface area contributed by atoms with E-state index < -0.39 is 34.3 Å². The molecule has 3 aromatic rings. The molecule has 4 rings (SSSR count). The second-order valence-electron chi connectivity index (χ2n) is 10.8. The predicted molar refractivity (Wildman–Crippen MR) is 172 cm³/mol. The van der Waals surface area contributed by atoms with Crippen LogP contribution in [0.3, 0.4) is 0 Å². The minimum absolute atomic E-state index is 0.00203. The van der Waals surface area contributed by atoms with Crippen molar-refractivity contribution in [1.29, 1.82) is 0 Å². The first-order chi connectivity index (χ1) is 21.1. The van der Waals surface area contributed by atoms with E-state index in [-0.39, 0.29) is 29.1 Å². The molecule has 2 amide bonds. The van der Waals surface area contributed by atoms with Gasteiger partial charge in [0, 0.05) is 17.5 Å². The first-order valence-corrected chi connectivity index (χ1v) is 17.5. The zero-order valence-electron chi connectivity index (χ0n) is 25.4. The van der Waals surface area contributed by atoms with E-state index in [0.717, 1.165) is 41.3 Å². The van der Waals surface area contributed by atoms with E-state index in [9.17, 15) is 22.4 Å². The van der Waals surface area contributed by atoms with Gasteiger partial charge in [-0.3, -0.25) is 13.9 Å². The third-order valence-electron chi connectivity index (χ3n) is 7.75. The molecule has 0 saturated heterocycles. The maximum absolute atomic E-state index is 14.1. The largest absolute Gasteiger partial charge is 0.494 e. The summed E-state index contributed by atoms with van der Waals surface area (Å²) in [5.41, 5.74) is 0.886. The smallest absolute Gasteiger partial charge is 0.264 e. The molecule has 8 nitrogen and oxygen atoms in total. The molecule has 1 aliphatic carbocycles. The van der Waals surface area contributed by atoms with Gasteiger partial charge in [0.1, 0.15) is 24.2 Å². The Morgan fingerprint density at radius 1 is 0.977 bits per heavy atom. The van der Waals surface area contributed by atoms with Crippen LogP contribution in [0.25, 0.3) is 0 Å². The maximum atomic E-state index is 14.1. The van der Waals surface area contributed by atoms with Crippen LogP contribution in [0.5, 0.6) is 5.75 Å². The number of carbonyl (C=O) groups excluding carboxylic acids is 2. The number of nitrogens with zero attached hydrogens (tertiary/aromatic N) is 2. The highest BCUT2D eigenvalue weighted by Gasteiger charge is 2.33. The molecule has 1 N–H and O–H groups in total. The SMILES string of the molecule is CCOc1ccc(N(CC(=O)N(Cc2ccc(F)cc2)[C@@H](C)C(=O)NC2CCCCC2)S(=O)(=O)c2ccc(SC)cc2)cc1.